The van der Waals surface area contributed by atoms with Gasteiger partial charge in [0.15, 0.2) is 0 Å². The van der Waals surface area contributed by atoms with E-state index in [4.69, 9.17) is 5.11 Å². The number of aliphatic carboxylic acids is 1. The summed E-state index contributed by atoms with van der Waals surface area (Å²) in [5, 5.41) is 17.2. The van der Waals surface area contributed by atoms with Gasteiger partial charge in [-0.2, -0.15) is 5.10 Å². The highest BCUT2D eigenvalue weighted by Gasteiger charge is 2.18. The lowest BCUT2D eigenvalue weighted by molar-refractivity contribution is -0.137. The second-order valence-corrected chi connectivity index (χ2v) is 6.33. The molecule has 7 heteroatoms. The maximum atomic E-state index is 12.7. The Balaban J connectivity index is 1.85. The summed E-state index contributed by atoms with van der Waals surface area (Å²) in [5.74, 6) is -1.08. The average molecular weight is 354 g/mol. The zero-order chi connectivity index (χ0) is 18.8. The Kier molecular flexibility index (Phi) is 4.79. The van der Waals surface area contributed by atoms with Crippen molar-refractivity contribution in [1.82, 2.24) is 14.3 Å². The molecule has 1 aromatic carbocycles. The number of hydrogen-bond acceptors (Lipinski definition) is 3. The molecule has 7 nitrogen and oxygen atoms in total. The van der Waals surface area contributed by atoms with Gasteiger partial charge in [-0.05, 0) is 44.5 Å². The van der Waals surface area contributed by atoms with E-state index in [9.17, 15) is 9.59 Å². The van der Waals surface area contributed by atoms with Crippen LogP contribution in [0, 0.1) is 13.8 Å². The summed E-state index contributed by atoms with van der Waals surface area (Å²) in [5.41, 5.74) is 3.64. The molecule has 3 rings (SSSR count). The Hall–Kier alpha value is -3.09. The van der Waals surface area contributed by atoms with Gasteiger partial charge < -0.3 is 15.0 Å². The number of carbonyl (C=O) groups excluding carboxylic acids is 1. The van der Waals surface area contributed by atoms with Gasteiger partial charge in [0, 0.05) is 35.0 Å². The fraction of sp³-hybridized carbons (Fsp3) is 0.316. The van der Waals surface area contributed by atoms with E-state index in [1.54, 1.807) is 16.8 Å². The van der Waals surface area contributed by atoms with Gasteiger partial charge in [-0.25, -0.2) is 0 Å². The Bertz CT molecular complexity index is 984. The van der Waals surface area contributed by atoms with Gasteiger partial charge in [0.05, 0.1) is 11.3 Å². The van der Waals surface area contributed by atoms with Crippen LogP contribution in [0.2, 0.25) is 0 Å². The lowest BCUT2D eigenvalue weighted by atomic mass is 10.1. The van der Waals surface area contributed by atoms with Crippen molar-refractivity contribution in [2.24, 2.45) is 0 Å². The minimum absolute atomic E-state index is 0.0930. The number of carboxylic acid groups (broad SMARTS) is 1. The SMILES string of the molecule is CCCn1nc(C)c(C(=O)Nc2ccc3c(ccn3CC(=O)O)c2)c1C. The predicted octanol–water partition coefficient (Wildman–Crippen LogP) is 3.20. The summed E-state index contributed by atoms with van der Waals surface area (Å²) >= 11 is 0. The van der Waals surface area contributed by atoms with Crippen molar-refractivity contribution in [3.63, 3.8) is 0 Å². The molecule has 26 heavy (non-hydrogen) atoms. The number of benzene rings is 1. The normalized spacial score (nSPS) is 11.0. The van der Waals surface area contributed by atoms with Gasteiger partial charge in [-0.15, -0.1) is 0 Å². The first-order valence-electron chi connectivity index (χ1n) is 8.56. The van der Waals surface area contributed by atoms with Crippen molar-refractivity contribution in [2.45, 2.75) is 40.3 Å². The first-order valence-corrected chi connectivity index (χ1v) is 8.56. The third kappa shape index (κ3) is 3.33. The van der Waals surface area contributed by atoms with Crippen LogP contribution in [-0.4, -0.2) is 31.3 Å². The van der Waals surface area contributed by atoms with E-state index in [0.717, 1.165) is 29.6 Å². The number of rotatable bonds is 6. The lowest BCUT2D eigenvalue weighted by Crippen LogP contribution is -2.14. The number of carbonyl (C=O) groups is 2. The summed E-state index contributed by atoms with van der Waals surface area (Å²) < 4.78 is 3.52. The van der Waals surface area contributed by atoms with Crippen LogP contribution in [0.5, 0.6) is 0 Å². The number of nitrogens with one attached hydrogen (secondary N) is 1. The number of anilines is 1. The molecule has 2 aromatic heterocycles. The maximum Gasteiger partial charge on any atom is 0.323 e. The van der Waals surface area contributed by atoms with Crippen molar-refractivity contribution in [3.8, 4) is 0 Å². The monoisotopic (exact) mass is 354 g/mol. The van der Waals surface area contributed by atoms with E-state index in [0.29, 0.717) is 16.9 Å². The molecule has 2 heterocycles. The molecule has 0 saturated heterocycles. The van der Waals surface area contributed by atoms with E-state index in [1.807, 2.05) is 36.7 Å². The molecule has 2 N–H and O–H groups in total. The molecule has 0 atom stereocenters. The van der Waals surface area contributed by atoms with Gasteiger partial charge in [0.25, 0.3) is 5.91 Å². The van der Waals surface area contributed by atoms with Gasteiger partial charge >= 0.3 is 5.97 Å². The molecule has 3 aromatic rings. The number of carboxylic acids is 1. The van der Waals surface area contributed by atoms with Crippen LogP contribution in [0.3, 0.4) is 0 Å². The highest BCUT2D eigenvalue weighted by Crippen LogP contribution is 2.22. The highest BCUT2D eigenvalue weighted by atomic mass is 16.4. The lowest BCUT2D eigenvalue weighted by Gasteiger charge is -2.07. The molecule has 0 radical (unpaired) electrons. The van der Waals surface area contributed by atoms with Crippen molar-refractivity contribution in [2.75, 3.05) is 5.32 Å². The summed E-state index contributed by atoms with van der Waals surface area (Å²) in [4.78, 5) is 23.6. The zero-order valence-electron chi connectivity index (χ0n) is 15.1. The quantitative estimate of drug-likeness (QED) is 0.711. The van der Waals surface area contributed by atoms with Crippen LogP contribution in [0.25, 0.3) is 10.9 Å². The molecule has 0 fully saturated rings. The standard InChI is InChI=1S/C19H22N4O3/c1-4-8-23-13(3)18(12(2)21-23)19(26)20-15-5-6-16-14(10-15)7-9-22(16)11-17(24)25/h5-7,9-10H,4,8,11H2,1-3H3,(H,20,26)(H,24,25). The van der Waals surface area contributed by atoms with Crippen LogP contribution in [-0.2, 0) is 17.9 Å². The van der Waals surface area contributed by atoms with Gasteiger partial charge in [-0.1, -0.05) is 6.92 Å². The second kappa shape index (κ2) is 7.03. The van der Waals surface area contributed by atoms with E-state index < -0.39 is 5.97 Å². The van der Waals surface area contributed by atoms with E-state index in [2.05, 4.69) is 17.3 Å². The van der Waals surface area contributed by atoms with Gasteiger partial charge in [0.1, 0.15) is 6.54 Å². The Morgan fingerprint density at radius 1 is 1.23 bits per heavy atom. The van der Waals surface area contributed by atoms with Crippen molar-refractivity contribution < 1.29 is 14.7 Å². The van der Waals surface area contributed by atoms with Crippen molar-refractivity contribution in [1.29, 1.82) is 0 Å². The summed E-state index contributed by atoms with van der Waals surface area (Å²) in [6, 6.07) is 7.27. The molecule has 1 amide bonds. The second-order valence-electron chi connectivity index (χ2n) is 6.33. The van der Waals surface area contributed by atoms with Crippen LogP contribution in [0.15, 0.2) is 30.5 Å². The van der Waals surface area contributed by atoms with Crippen LogP contribution in [0.4, 0.5) is 5.69 Å². The zero-order valence-corrected chi connectivity index (χ0v) is 15.1. The summed E-state index contributed by atoms with van der Waals surface area (Å²) in [6.45, 7) is 6.50. The smallest absolute Gasteiger partial charge is 0.323 e. The number of amides is 1. The van der Waals surface area contributed by atoms with E-state index in [1.165, 1.54) is 0 Å². The molecule has 0 spiro atoms. The van der Waals surface area contributed by atoms with Gasteiger partial charge in [-0.3, -0.25) is 14.3 Å². The van der Waals surface area contributed by atoms with E-state index in [-0.39, 0.29) is 12.5 Å². The minimum atomic E-state index is -0.894. The number of aryl methyl sites for hydroxylation is 2. The minimum Gasteiger partial charge on any atom is -0.480 e. The van der Waals surface area contributed by atoms with Crippen molar-refractivity contribution in [3.05, 3.63) is 47.4 Å². The first-order chi connectivity index (χ1) is 12.4. The molecular weight excluding hydrogens is 332 g/mol. The number of hydrogen-bond donors (Lipinski definition) is 2. The summed E-state index contributed by atoms with van der Waals surface area (Å²) in [7, 11) is 0. The number of fused-ring (bicyclic) bond motifs is 1. The number of aromatic nitrogens is 3. The van der Waals surface area contributed by atoms with Gasteiger partial charge in [0.2, 0.25) is 0 Å². The van der Waals surface area contributed by atoms with Crippen LogP contribution < -0.4 is 5.32 Å². The Morgan fingerprint density at radius 2 is 2.00 bits per heavy atom. The van der Waals surface area contributed by atoms with Crippen LogP contribution >= 0.6 is 0 Å². The third-order valence-electron chi connectivity index (χ3n) is 4.38. The Labute approximate surface area is 151 Å². The molecule has 0 aliphatic rings. The fourth-order valence-corrected chi connectivity index (χ4v) is 3.21. The van der Waals surface area contributed by atoms with E-state index >= 15 is 0 Å². The average Bonchev–Trinajstić information content (AvgIpc) is 3.08. The highest BCUT2D eigenvalue weighted by molar-refractivity contribution is 6.06. The summed E-state index contributed by atoms with van der Waals surface area (Å²) in [6.07, 6.45) is 2.68. The molecule has 0 unspecified atom stereocenters. The largest absolute Gasteiger partial charge is 0.480 e. The van der Waals surface area contributed by atoms with Crippen LogP contribution in [0.1, 0.15) is 35.1 Å². The fourth-order valence-electron chi connectivity index (χ4n) is 3.21. The third-order valence-corrected chi connectivity index (χ3v) is 4.38. The molecule has 0 aliphatic carbocycles. The predicted molar refractivity (Wildman–Crippen MR) is 99.5 cm³/mol. The Morgan fingerprint density at radius 3 is 2.69 bits per heavy atom. The molecule has 0 bridgehead atoms. The molecule has 0 saturated carbocycles. The molecule has 0 aliphatic heterocycles. The molecule has 136 valence electrons. The molecular formula is C19H22N4O3. The maximum absolute atomic E-state index is 12.7. The number of nitrogens with zero attached hydrogens (tertiary/aromatic N) is 3. The van der Waals surface area contributed by atoms with Crippen molar-refractivity contribution >= 4 is 28.5 Å². The first kappa shape index (κ1) is 17.7. The topological polar surface area (TPSA) is 89.2 Å².